The molecule has 0 aliphatic rings. The van der Waals surface area contributed by atoms with Crippen molar-refractivity contribution in [2.75, 3.05) is 0 Å². The zero-order valence-electron chi connectivity index (χ0n) is 10.6. The molecule has 0 aromatic carbocycles. The van der Waals surface area contributed by atoms with Crippen LogP contribution in [0.4, 0.5) is 0 Å². The summed E-state index contributed by atoms with van der Waals surface area (Å²) in [6.45, 7) is 6.66. The number of amides is 1. The number of carbonyl (C=O) groups is 3. The van der Waals surface area contributed by atoms with Gasteiger partial charge in [0.25, 0.3) is 0 Å². The van der Waals surface area contributed by atoms with Gasteiger partial charge in [0.05, 0.1) is 6.42 Å². The number of carbonyl (C=O) groups excluding carboxylic acids is 2. The summed E-state index contributed by atoms with van der Waals surface area (Å²) in [7, 11) is 0. The smallest absolute Gasteiger partial charge is 0.326 e. The zero-order chi connectivity index (χ0) is 13.6. The normalized spacial score (nSPS) is 12.7. The number of ether oxygens (including phenoxy) is 1. The fraction of sp³-hybridized carbons (Fsp3) is 0.727. The number of esters is 1. The number of hydrogen-bond acceptors (Lipinski definition) is 4. The van der Waals surface area contributed by atoms with Crippen LogP contribution in [0.15, 0.2) is 0 Å². The SMILES string of the molecule is CCC(=O)N[C@@H](CC(=O)OC(C)(C)C)C(=O)O. The summed E-state index contributed by atoms with van der Waals surface area (Å²) in [5, 5.41) is 11.1. The first-order valence-electron chi connectivity index (χ1n) is 5.39. The highest BCUT2D eigenvalue weighted by molar-refractivity contribution is 5.87. The summed E-state index contributed by atoms with van der Waals surface area (Å²) in [4.78, 5) is 33.3. The fourth-order valence-electron chi connectivity index (χ4n) is 1.05. The van der Waals surface area contributed by atoms with Crippen LogP contribution in [-0.2, 0) is 19.1 Å². The summed E-state index contributed by atoms with van der Waals surface area (Å²) in [6, 6.07) is -1.24. The van der Waals surface area contributed by atoms with Crippen LogP contribution < -0.4 is 5.32 Å². The molecule has 0 radical (unpaired) electrons. The molecular weight excluding hydrogens is 226 g/mol. The predicted octanol–water partition coefficient (Wildman–Crippen LogP) is 0.698. The van der Waals surface area contributed by atoms with Crippen LogP contribution in [0.3, 0.4) is 0 Å². The van der Waals surface area contributed by atoms with Gasteiger partial charge < -0.3 is 15.2 Å². The van der Waals surface area contributed by atoms with Crippen molar-refractivity contribution in [2.24, 2.45) is 0 Å². The molecule has 17 heavy (non-hydrogen) atoms. The van der Waals surface area contributed by atoms with Crippen LogP contribution in [0.1, 0.15) is 40.5 Å². The van der Waals surface area contributed by atoms with Gasteiger partial charge in [-0.05, 0) is 20.8 Å². The molecule has 0 saturated heterocycles. The average Bonchev–Trinajstić information content (AvgIpc) is 2.13. The van der Waals surface area contributed by atoms with Crippen molar-refractivity contribution in [2.45, 2.75) is 52.2 Å². The van der Waals surface area contributed by atoms with Gasteiger partial charge in [0.15, 0.2) is 0 Å². The second kappa shape index (κ2) is 6.22. The molecule has 0 aliphatic heterocycles. The Hall–Kier alpha value is -1.59. The molecule has 6 heteroatoms. The summed E-state index contributed by atoms with van der Waals surface area (Å²) < 4.78 is 4.98. The lowest BCUT2D eigenvalue weighted by Gasteiger charge is -2.21. The topological polar surface area (TPSA) is 92.7 Å². The number of carboxylic acids is 1. The first-order valence-corrected chi connectivity index (χ1v) is 5.39. The molecule has 0 heterocycles. The predicted molar refractivity (Wildman–Crippen MR) is 60.3 cm³/mol. The van der Waals surface area contributed by atoms with E-state index >= 15 is 0 Å². The van der Waals surface area contributed by atoms with Gasteiger partial charge >= 0.3 is 11.9 Å². The molecule has 2 N–H and O–H groups in total. The highest BCUT2D eigenvalue weighted by Gasteiger charge is 2.26. The third-order valence-corrected chi connectivity index (χ3v) is 1.75. The van der Waals surface area contributed by atoms with Crippen LogP contribution in [0.25, 0.3) is 0 Å². The number of rotatable bonds is 5. The summed E-state index contributed by atoms with van der Waals surface area (Å²) >= 11 is 0. The van der Waals surface area contributed by atoms with Gasteiger partial charge in [-0.25, -0.2) is 4.79 Å². The third kappa shape index (κ3) is 7.32. The van der Waals surface area contributed by atoms with Crippen molar-refractivity contribution in [3.63, 3.8) is 0 Å². The second-order valence-corrected chi connectivity index (χ2v) is 4.60. The Bertz CT molecular complexity index is 305. The molecule has 0 spiro atoms. The van der Waals surface area contributed by atoms with E-state index in [1.165, 1.54) is 0 Å². The molecule has 0 aliphatic carbocycles. The van der Waals surface area contributed by atoms with Gasteiger partial charge in [0.2, 0.25) is 5.91 Å². The Kier molecular flexibility index (Phi) is 5.64. The minimum Gasteiger partial charge on any atom is -0.480 e. The van der Waals surface area contributed by atoms with Crippen LogP contribution >= 0.6 is 0 Å². The van der Waals surface area contributed by atoms with Crippen LogP contribution in [0.2, 0.25) is 0 Å². The number of aliphatic carboxylic acids is 1. The van der Waals surface area contributed by atoms with Crippen molar-refractivity contribution in [1.29, 1.82) is 0 Å². The molecule has 0 aromatic heterocycles. The lowest BCUT2D eigenvalue weighted by molar-refractivity contribution is -0.158. The molecule has 1 atom stereocenters. The van der Waals surface area contributed by atoms with Crippen molar-refractivity contribution < 1.29 is 24.2 Å². The van der Waals surface area contributed by atoms with Crippen molar-refractivity contribution in [3.8, 4) is 0 Å². The zero-order valence-corrected chi connectivity index (χ0v) is 10.6. The monoisotopic (exact) mass is 245 g/mol. The number of carboxylic acid groups (broad SMARTS) is 1. The lowest BCUT2D eigenvalue weighted by atomic mass is 10.1. The standard InChI is InChI=1S/C11H19NO5/c1-5-8(13)12-7(10(15)16)6-9(14)17-11(2,3)4/h7H,5-6H2,1-4H3,(H,12,13)(H,15,16)/t7-/m0/s1. The van der Waals surface area contributed by atoms with Gasteiger partial charge in [0.1, 0.15) is 11.6 Å². The van der Waals surface area contributed by atoms with Gasteiger partial charge in [-0.1, -0.05) is 6.92 Å². The van der Waals surface area contributed by atoms with Gasteiger partial charge in [0, 0.05) is 6.42 Å². The van der Waals surface area contributed by atoms with E-state index in [0.29, 0.717) is 0 Å². The maximum Gasteiger partial charge on any atom is 0.326 e. The van der Waals surface area contributed by atoms with E-state index in [1.54, 1.807) is 27.7 Å². The van der Waals surface area contributed by atoms with Crippen molar-refractivity contribution in [1.82, 2.24) is 5.32 Å². The Labute approximate surface area is 100 Å². The quantitative estimate of drug-likeness (QED) is 0.695. The summed E-state index contributed by atoms with van der Waals surface area (Å²) in [6.07, 6.45) is -0.212. The van der Waals surface area contributed by atoms with E-state index in [4.69, 9.17) is 9.84 Å². The van der Waals surface area contributed by atoms with E-state index in [2.05, 4.69) is 5.32 Å². The molecule has 0 rings (SSSR count). The molecule has 6 nitrogen and oxygen atoms in total. The van der Waals surface area contributed by atoms with Crippen LogP contribution in [0.5, 0.6) is 0 Å². The Morgan fingerprint density at radius 2 is 1.82 bits per heavy atom. The van der Waals surface area contributed by atoms with Gasteiger partial charge in [-0.2, -0.15) is 0 Å². The lowest BCUT2D eigenvalue weighted by Crippen LogP contribution is -2.43. The number of nitrogens with one attached hydrogen (secondary N) is 1. The minimum atomic E-state index is -1.25. The van der Waals surface area contributed by atoms with E-state index in [9.17, 15) is 14.4 Å². The Morgan fingerprint density at radius 1 is 1.29 bits per heavy atom. The van der Waals surface area contributed by atoms with E-state index in [0.717, 1.165) is 0 Å². The highest BCUT2D eigenvalue weighted by atomic mass is 16.6. The maximum absolute atomic E-state index is 11.4. The first kappa shape index (κ1) is 15.4. The van der Waals surface area contributed by atoms with E-state index in [1.807, 2.05) is 0 Å². The highest BCUT2D eigenvalue weighted by Crippen LogP contribution is 2.09. The van der Waals surface area contributed by atoms with Gasteiger partial charge in [-0.15, -0.1) is 0 Å². The number of hydrogen-bond donors (Lipinski definition) is 2. The molecular formula is C11H19NO5. The maximum atomic E-state index is 11.4. The Balaban J connectivity index is 4.41. The molecule has 98 valence electrons. The van der Waals surface area contributed by atoms with Crippen LogP contribution in [-0.4, -0.2) is 34.6 Å². The molecule has 0 aromatic rings. The third-order valence-electron chi connectivity index (χ3n) is 1.75. The minimum absolute atomic E-state index is 0.165. The summed E-state index contributed by atoms with van der Waals surface area (Å²) in [5.74, 6) is -2.32. The van der Waals surface area contributed by atoms with E-state index in [-0.39, 0.29) is 12.8 Å². The Morgan fingerprint density at radius 3 is 2.18 bits per heavy atom. The van der Waals surface area contributed by atoms with Crippen molar-refractivity contribution in [3.05, 3.63) is 0 Å². The molecule has 1 amide bonds. The average molecular weight is 245 g/mol. The fourth-order valence-corrected chi connectivity index (χ4v) is 1.05. The van der Waals surface area contributed by atoms with Gasteiger partial charge in [-0.3, -0.25) is 9.59 Å². The van der Waals surface area contributed by atoms with E-state index < -0.39 is 29.5 Å². The van der Waals surface area contributed by atoms with Crippen molar-refractivity contribution >= 4 is 17.8 Å². The molecule has 0 bridgehead atoms. The van der Waals surface area contributed by atoms with Crippen LogP contribution in [0, 0.1) is 0 Å². The largest absolute Gasteiger partial charge is 0.480 e. The second-order valence-electron chi connectivity index (χ2n) is 4.60. The molecule has 0 fully saturated rings. The molecule has 0 unspecified atom stereocenters. The molecule has 0 saturated carbocycles. The summed E-state index contributed by atoms with van der Waals surface area (Å²) in [5.41, 5.74) is -0.672. The first-order chi connectivity index (χ1) is 7.65.